The molecule has 1 aliphatic rings. The number of nitrogens with zero attached hydrogens (tertiary/aromatic N) is 1. The fourth-order valence-electron chi connectivity index (χ4n) is 10.6. The molecule has 312 valence electrons. The molecule has 0 radical (unpaired) electrons. The molecule has 1 heteroatoms. The first-order valence-electron chi connectivity index (χ1n) is 23.0. The lowest BCUT2D eigenvalue weighted by Crippen LogP contribution is -2.15. The molecule has 66 heavy (non-hydrogen) atoms. The molecule has 0 spiro atoms. The minimum absolute atomic E-state index is 0.0739. The smallest absolute Gasteiger partial charge is 0.0546 e. The summed E-state index contributed by atoms with van der Waals surface area (Å²) in [6.45, 7) is 4.70. The van der Waals surface area contributed by atoms with E-state index in [0.29, 0.717) is 0 Å². The molecule has 0 unspecified atom stereocenters. The quantitative estimate of drug-likeness (QED) is 0.138. The van der Waals surface area contributed by atoms with E-state index in [9.17, 15) is 0 Å². The first kappa shape index (κ1) is 39.3. The molecule has 0 saturated carbocycles. The molecular weight excluding hydrogens is 795 g/mol. The second-order valence-electron chi connectivity index (χ2n) is 18.0. The van der Waals surface area contributed by atoms with Gasteiger partial charge in [-0.05, 0) is 125 Å². The van der Waals surface area contributed by atoms with Gasteiger partial charge in [0.05, 0.1) is 11.4 Å². The summed E-state index contributed by atoms with van der Waals surface area (Å²) in [7, 11) is 0. The van der Waals surface area contributed by atoms with Crippen LogP contribution in [0.1, 0.15) is 25.0 Å². The molecule has 0 bridgehead atoms. The molecule has 0 heterocycles. The predicted molar refractivity (Wildman–Crippen MR) is 281 cm³/mol. The first-order chi connectivity index (χ1) is 32.5. The van der Waals surface area contributed by atoms with Crippen LogP contribution >= 0.6 is 0 Å². The van der Waals surface area contributed by atoms with Crippen molar-refractivity contribution in [3.8, 4) is 66.8 Å². The molecule has 0 N–H and O–H groups in total. The molecule has 0 amide bonds. The summed E-state index contributed by atoms with van der Waals surface area (Å²) in [5.41, 5.74) is 20.4. The van der Waals surface area contributed by atoms with E-state index in [1.54, 1.807) is 0 Å². The minimum atomic E-state index is -0.0739. The van der Waals surface area contributed by atoms with E-state index >= 15 is 0 Å². The topological polar surface area (TPSA) is 3.24 Å². The summed E-state index contributed by atoms with van der Waals surface area (Å²) in [6.07, 6.45) is 0. The number of rotatable bonds is 8. The van der Waals surface area contributed by atoms with Gasteiger partial charge in [0.15, 0.2) is 0 Å². The van der Waals surface area contributed by atoms with Crippen LogP contribution in [0.2, 0.25) is 0 Å². The number of hydrogen-bond acceptors (Lipinski definition) is 1. The molecular formula is C65H47N. The molecule has 1 aliphatic carbocycles. The lowest BCUT2D eigenvalue weighted by molar-refractivity contribution is 0.660. The van der Waals surface area contributed by atoms with Crippen molar-refractivity contribution in [3.63, 3.8) is 0 Å². The summed E-state index contributed by atoms with van der Waals surface area (Å²) < 4.78 is 0. The summed E-state index contributed by atoms with van der Waals surface area (Å²) in [5, 5.41) is 5.06. The Morgan fingerprint density at radius 1 is 0.288 bits per heavy atom. The first-order valence-corrected chi connectivity index (χ1v) is 23.0. The Morgan fingerprint density at radius 2 is 0.833 bits per heavy atom. The van der Waals surface area contributed by atoms with Gasteiger partial charge in [0.2, 0.25) is 0 Å². The van der Waals surface area contributed by atoms with Gasteiger partial charge in [-0.3, -0.25) is 0 Å². The van der Waals surface area contributed by atoms with Crippen molar-refractivity contribution in [3.05, 3.63) is 260 Å². The Bertz CT molecular complexity index is 3600. The van der Waals surface area contributed by atoms with Crippen LogP contribution in [-0.2, 0) is 5.41 Å². The largest absolute Gasteiger partial charge is 0.309 e. The van der Waals surface area contributed by atoms with Gasteiger partial charge in [-0.2, -0.15) is 0 Å². The molecule has 12 rings (SSSR count). The van der Waals surface area contributed by atoms with Crippen LogP contribution in [0.4, 0.5) is 17.1 Å². The van der Waals surface area contributed by atoms with Crippen molar-refractivity contribution in [1.29, 1.82) is 0 Å². The SMILES string of the molecule is CC1(C)c2ccccc2-c2cc(-c3ccccc3N(c3ccc(-c4ccc5c(ccc6ccccc65)c4)cc3)c3cccc(-c4ccccc4)c3-c3ccccc3-c3ccccc3)ccc21. The maximum atomic E-state index is 2.50. The highest BCUT2D eigenvalue weighted by atomic mass is 15.1. The van der Waals surface area contributed by atoms with E-state index in [4.69, 9.17) is 0 Å². The third kappa shape index (κ3) is 6.63. The molecule has 1 nitrogen and oxygen atoms in total. The van der Waals surface area contributed by atoms with Crippen LogP contribution in [0, 0.1) is 0 Å². The third-order valence-corrected chi connectivity index (χ3v) is 13.9. The number of benzene rings is 11. The van der Waals surface area contributed by atoms with Gasteiger partial charge in [-0.15, -0.1) is 0 Å². The average molecular weight is 842 g/mol. The van der Waals surface area contributed by atoms with Gasteiger partial charge in [0, 0.05) is 22.2 Å². The fourth-order valence-corrected chi connectivity index (χ4v) is 10.6. The van der Waals surface area contributed by atoms with E-state index in [1.165, 1.54) is 99.4 Å². The summed E-state index contributed by atoms with van der Waals surface area (Å²) >= 11 is 0. The van der Waals surface area contributed by atoms with Gasteiger partial charge in [0.1, 0.15) is 0 Å². The van der Waals surface area contributed by atoms with E-state index in [1.807, 2.05) is 0 Å². The maximum absolute atomic E-state index is 2.50. The average Bonchev–Trinajstić information content (AvgIpc) is 3.62. The zero-order valence-electron chi connectivity index (χ0n) is 37.1. The normalized spacial score (nSPS) is 12.5. The Hall–Kier alpha value is -8.26. The second kappa shape index (κ2) is 16.1. The number of hydrogen-bond donors (Lipinski definition) is 0. The minimum Gasteiger partial charge on any atom is -0.309 e. The fraction of sp³-hybridized carbons (Fsp3) is 0.0462. The van der Waals surface area contributed by atoms with Crippen molar-refractivity contribution in [2.75, 3.05) is 4.90 Å². The Labute approximate surface area is 387 Å². The lowest BCUT2D eigenvalue weighted by Gasteiger charge is -2.31. The highest BCUT2D eigenvalue weighted by Gasteiger charge is 2.35. The Kier molecular flexibility index (Phi) is 9.58. The second-order valence-corrected chi connectivity index (χ2v) is 18.0. The maximum Gasteiger partial charge on any atom is 0.0546 e. The van der Waals surface area contributed by atoms with E-state index in [0.717, 1.165) is 17.1 Å². The van der Waals surface area contributed by atoms with Crippen molar-refractivity contribution in [2.24, 2.45) is 0 Å². The molecule has 0 atom stereocenters. The summed E-state index contributed by atoms with van der Waals surface area (Å²) in [5.74, 6) is 0. The van der Waals surface area contributed by atoms with E-state index in [-0.39, 0.29) is 5.41 Å². The Balaban J connectivity index is 1.08. The van der Waals surface area contributed by atoms with E-state index < -0.39 is 0 Å². The van der Waals surface area contributed by atoms with Crippen molar-refractivity contribution < 1.29 is 0 Å². The van der Waals surface area contributed by atoms with Crippen LogP contribution < -0.4 is 4.90 Å². The monoisotopic (exact) mass is 841 g/mol. The van der Waals surface area contributed by atoms with E-state index in [2.05, 4.69) is 267 Å². The molecule has 11 aromatic rings. The molecule has 0 aliphatic heterocycles. The number of anilines is 3. The van der Waals surface area contributed by atoms with Crippen LogP contribution in [0.3, 0.4) is 0 Å². The van der Waals surface area contributed by atoms with Crippen LogP contribution in [0.15, 0.2) is 249 Å². The van der Waals surface area contributed by atoms with Gasteiger partial charge in [0.25, 0.3) is 0 Å². The van der Waals surface area contributed by atoms with Gasteiger partial charge in [-0.25, -0.2) is 0 Å². The summed E-state index contributed by atoms with van der Waals surface area (Å²) in [4.78, 5) is 2.50. The highest BCUT2D eigenvalue weighted by Crippen LogP contribution is 2.53. The van der Waals surface area contributed by atoms with Gasteiger partial charge >= 0.3 is 0 Å². The number of para-hydroxylation sites is 1. The molecule has 0 fully saturated rings. The highest BCUT2D eigenvalue weighted by molar-refractivity contribution is 6.09. The standard InChI is InChI=1S/C65H47N/c1-65(2)60-29-15-13-26-57(60)59-43-50(37-41-61(59)65)55-25-14-16-30-62(55)66(51-38-34-44(35-39-51)48-36-40-54-49(42-48)33-32-47-22-9-10-23-52(47)54)63-31-17-28-56(46-20-7-4-8-21-46)64(63)58-27-12-11-24-53(58)45-18-5-3-6-19-45/h3-43H,1-2H3. The van der Waals surface area contributed by atoms with Gasteiger partial charge < -0.3 is 4.90 Å². The Morgan fingerprint density at radius 3 is 1.62 bits per heavy atom. The third-order valence-electron chi connectivity index (χ3n) is 13.9. The lowest BCUT2D eigenvalue weighted by atomic mass is 9.82. The zero-order valence-corrected chi connectivity index (χ0v) is 37.1. The molecule has 0 saturated heterocycles. The predicted octanol–water partition coefficient (Wildman–Crippen LogP) is 18.1. The van der Waals surface area contributed by atoms with Crippen LogP contribution in [-0.4, -0.2) is 0 Å². The van der Waals surface area contributed by atoms with Crippen molar-refractivity contribution in [2.45, 2.75) is 19.3 Å². The van der Waals surface area contributed by atoms with Gasteiger partial charge in [-0.1, -0.05) is 226 Å². The number of fused-ring (bicyclic) bond motifs is 6. The van der Waals surface area contributed by atoms with Crippen LogP contribution in [0.5, 0.6) is 0 Å². The zero-order chi connectivity index (χ0) is 44.2. The molecule has 11 aromatic carbocycles. The van der Waals surface area contributed by atoms with Crippen molar-refractivity contribution >= 4 is 38.6 Å². The van der Waals surface area contributed by atoms with Crippen molar-refractivity contribution in [1.82, 2.24) is 0 Å². The van der Waals surface area contributed by atoms with Crippen LogP contribution in [0.25, 0.3) is 88.3 Å². The molecule has 0 aromatic heterocycles. The summed E-state index contributed by atoms with van der Waals surface area (Å²) in [6, 6.07) is 91.6.